The smallest absolute Gasteiger partial charge is 0.189 e. The van der Waals surface area contributed by atoms with Crippen molar-refractivity contribution in [2.24, 2.45) is 0 Å². The second-order valence-corrected chi connectivity index (χ2v) is 5.44. The monoisotopic (exact) mass is 266 g/mol. The third-order valence-corrected chi connectivity index (χ3v) is 4.19. The highest BCUT2D eigenvalue weighted by Crippen LogP contribution is 2.23. The molecule has 0 unspecified atom stereocenters. The van der Waals surface area contributed by atoms with E-state index in [1.165, 1.54) is 5.56 Å². The maximum absolute atomic E-state index is 4.69. The minimum absolute atomic E-state index is 0.881. The molecule has 1 aromatic heterocycles. The van der Waals surface area contributed by atoms with Gasteiger partial charge in [0.15, 0.2) is 5.16 Å². The van der Waals surface area contributed by atoms with Crippen LogP contribution in [0, 0.1) is 13.8 Å². The fourth-order valence-corrected chi connectivity index (χ4v) is 2.67. The van der Waals surface area contributed by atoms with Crippen LogP contribution in [0.25, 0.3) is 0 Å². The molecule has 18 heavy (non-hydrogen) atoms. The Balaban J connectivity index is 2.20. The molecule has 0 atom stereocenters. The molecule has 0 radical (unpaired) electrons. The predicted octanol–water partition coefficient (Wildman–Crippen LogP) is 1.96. The SMILES string of the molecule is CCN1CCN(c2nc(SC)nc(C)c2C)CC1. The second kappa shape index (κ2) is 5.89. The van der Waals surface area contributed by atoms with Crippen molar-refractivity contribution in [2.75, 3.05) is 43.9 Å². The summed E-state index contributed by atoms with van der Waals surface area (Å²) in [5.74, 6) is 1.13. The van der Waals surface area contributed by atoms with Gasteiger partial charge in [-0.15, -0.1) is 0 Å². The first kappa shape index (κ1) is 13.6. The highest BCUT2D eigenvalue weighted by molar-refractivity contribution is 7.98. The minimum Gasteiger partial charge on any atom is -0.354 e. The van der Waals surface area contributed by atoms with E-state index in [4.69, 9.17) is 0 Å². The van der Waals surface area contributed by atoms with E-state index in [0.29, 0.717) is 0 Å². The highest BCUT2D eigenvalue weighted by atomic mass is 32.2. The van der Waals surface area contributed by atoms with E-state index in [-0.39, 0.29) is 0 Å². The minimum atomic E-state index is 0.881. The summed E-state index contributed by atoms with van der Waals surface area (Å²) < 4.78 is 0. The van der Waals surface area contributed by atoms with Crippen LogP contribution in [-0.4, -0.2) is 53.8 Å². The van der Waals surface area contributed by atoms with Crippen molar-refractivity contribution in [3.63, 3.8) is 0 Å². The van der Waals surface area contributed by atoms with Gasteiger partial charge in [0.05, 0.1) is 0 Å². The summed E-state index contributed by atoms with van der Waals surface area (Å²) in [6, 6.07) is 0. The van der Waals surface area contributed by atoms with Gasteiger partial charge in [-0.05, 0) is 26.6 Å². The average Bonchev–Trinajstić information content (AvgIpc) is 2.42. The molecule has 100 valence electrons. The molecule has 0 N–H and O–H groups in total. The van der Waals surface area contributed by atoms with E-state index < -0.39 is 0 Å². The van der Waals surface area contributed by atoms with Crippen molar-refractivity contribution in [2.45, 2.75) is 25.9 Å². The van der Waals surface area contributed by atoms with Gasteiger partial charge in [0.2, 0.25) is 0 Å². The predicted molar refractivity (Wildman–Crippen MR) is 77.6 cm³/mol. The van der Waals surface area contributed by atoms with Gasteiger partial charge >= 0.3 is 0 Å². The molecular formula is C13H22N4S. The van der Waals surface area contributed by atoms with Gasteiger partial charge in [0.25, 0.3) is 0 Å². The second-order valence-electron chi connectivity index (χ2n) is 4.67. The first-order valence-corrected chi connectivity index (χ1v) is 7.74. The molecule has 0 aromatic carbocycles. The van der Waals surface area contributed by atoms with Gasteiger partial charge in [0.1, 0.15) is 5.82 Å². The number of hydrogen-bond acceptors (Lipinski definition) is 5. The van der Waals surface area contributed by atoms with Gasteiger partial charge in [0, 0.05) is 37.4 Å². The average molecular weight is 266 g/mol. The van der Waals surface area contributed by atoms with Crippen LogP contribution in [-0.2, 0) is 0 Å². The quantitative estimate of drug-likeness (QED) is 0.617. The molecule has 1 aliphatic heterocycles. The molecular weight excluding hydrogens is 244 g/mol. The lowest BCUT2D eigenvalue weighted by atomic mass is 10.2. The molecule has 1 saturated heterocycles. The Kier molecular flexibility index (Phi) is 4.45. The number of thioether (sulfide) groups is 1. The van der Waals surface area contributed by atoms with Crippen LogP contribution in [0.3, 0.4) is 0 Å². The van der Waals surface area contributed by atoms with Crippen molar-refractivity contribution < 1.29 is 0 Å². The van der Waals surface area contributed by atoms with E-state index in [1.54, 1.807) is 11.8 Å². The van der Waals surface area contributed by atoms with Crippen molar-refractivity contribution in [3.8, 4) is 0 Å². The van der Waals surface area contributed by atoms with Gasteiger partial charge < -0.3 is 9.80 Å². The summed E-state index contributed by atoms with van der Waals surface area (Å²) in [5, 5.41) is 0.881. The summed E-state index contributed by atoms with van der Waals surface area (Å²) in [4.78, 5) is 14.1. The maximum atomic E-state index is 4.69. The number of nitrogens with zero attached hydrogens (tertiary/aromatic N) is 4. The molecule has 0 saturated carbocycles. The third kappa shape index (κ3) is 2.78. The van der Waals surface area contributed by atoms with Crippen LogP contribution >= 0.6 is 11.8 Å². The van der Waals surface area contributed by atoms with Crippen LogP contribution in [0.5, 0.6) is 0 Å². The zero-order valence-corrected chi connectivity index (χ0v) is 12.5. The summed E-state index contributed by atoms with van der Waals surface area (Å²) >= 11 is 1.62. The standard InChI is InChI=1S/C13H22N4S/c1-5-16-6-8-17(9-7-16)12-10(2)11(3)14-13(15-12)18-4/h5-9H2,1-4H3. The topological polar surface area (TPSA) is 32.3 Å². The Morgan fingerprint density at radius 1 is 1.11 bits per heavy atom. The molecule has 4 nitrogen and oxygen atoms in total. The Hall–Kier alpha value is -0.810. The zero-order chi connectivity index (χ0) is 13.1. The molecule has 2 heterocycles. The molecule has 5 heteroatoms. The van der Waals surface area contributed by atoms with Gasteiger partial charge in [-0.25, -0.2) is 9.97 Å². The number of aryl methyl sites for hydroxylation is 1. The summed E-state index contributed by atoms with van der Waals surface area (Å²) in [5.41, 5.74) is 2.32. The number of piperazine rings is 1. The Labute approximate surface area is 114 Å². The lowest BCUT2D eigenvalue weighted by Crippen LogP contribution is -2.46. The van der Waals surface area contributed by atoms with Crippen LogP contribution in [0.15, 0.2) is 5.16 Å². The number of anilines is 1. The molecule has 0 amide bonds. The van der Waals surface area contributed by atoms with Crippen molar-refractivity contribution in [1.82, 2.24) is 14.9 Å². The molecule has 1 fully saturated rings. The van der Waals surface area contributed by atoms with Crippen molar-refractivity contribution >= 4 is 17.6 Å². The summed E-state index contributed by atoms with van der Waals surface area (Å²) in [6.07, 6.45) is 2.03. The largest absolute Gasteiger partial charge is 0.354 e. The van der Waals surface area contributed by atoms with Crippen LogP contribution in [0.2, 0.25) is 0 Å². The number of rotatable bonds is 3. The van der Waals surface area contributed by atoms with Crippen molar-refractivity contribution in [1.29, 1.82) is 0 Å². The first-order chi connectivity index (χ1) is 8.65. The molecule has 1 aromatic rings. The zero-order valence-electron chi connectivity index (χ0n) is 11.7. The highest BCUT2D eigenvalue weighted by Gasteiger charge is 2.20. The molecule has 0 aliphatic carbocycles. The van der Waals surface area contributed by atoms with Crippen LogP contribution in [0.4, 0.5) is 5.82 Å². The fraction of sp³-hybridized carbons (Fsp3) is 0.692. The Morgan fingerprint density at radius 3 is 2.33 bits per heavy atom. The Morgan fingerprint density at radius 2 is 1.78 bits per heavy atom. The normalized spacial score (nSPS) is 17.2. The maximum Gasteiger partial charge on any atom is 0.189 e. The van der Waals surface area contributed by atoms with E-state index in [1.807, 2.05) is 6.26 Å². The van der Waals surface area contributed by atoms with Crippen molar-refractivity contribution in [3.05, 3.63) is 11.3 Å². The fourth-order valence-electron chi connectivity index (χ4n) is 2.26. The molecule has 0 bridgehead atoms. The molecule has 1 aliphatic rings. The lowest BCUT2D eigenvalue weighted by Gasteiger charge is -2.35. The number of likely N-dealkylation sites (N-methyl/N-ethyl adjacent to an activating group) is 1. The summed E-state index contributed by atoms with van der Waals surface area (Å²) in [6.45, 7) is 12.0. The summed E-state index contributed by atoms with van der Waals surface area (Å²) in [7, 11) is 0. The molecule has 2 rings (SSSR count). The number of aromatic nitrogens is 2. The van der Waals surface area contributed by atoms with Gasteiger partial charge in [-0.1, -0.05) is 18.7 Å². The molecule has 0 spiro atoms. The van der Waals surface area contributed by atoms with E-state index in [9.17, 15) is 0 Å². The lowest BCUT2D eigenvalue weighted by molar-refractivity contribution is 0.270. The van der Waals surface area contributed by atoms with E-state index >= 15 is 0 Å². The van der Waals surface area contributed by atoms with Gasteiger partial charge in [-0.3, -0.25) is 0 Å². The first-order valence-electron chi connectivity index (χ1n) is 6.52. The van der Waals surface area contributed by atoms with Gasteiger partial charge in [-0.2, -0.15) is 0 Å². The number of hydrogen-bond donors (Lipinski definition) is 0. The third-order valence-electron chi connectivity index (χ3n) is 3.64. The van der Waals surface area contributed by atoms with E-state index in [0.717, 1.165) is 49.4 Å². The van der Waals surface area contributed by atoms with E-state index in [2.05, 4.69) is 40.5 Å². The Bertz CT molecular complexity index is 414. The van der Waals surface area contributed by atoms with Crippen LogP contribution < -0.4 is 4.90 Å². The van der Waals surface area contributed by atoms with Crippen LogP contribution in [0.1, 0.15) is 18.2 Å².